The summed E-state index contributed by atoms with van der Waals surface area (Å²) in [6.07, 6.45) is 5.26. The molecule has 0 aromatic carbocycles. The van der Waals surface area contributed by atoms with Crippen molar-refractivity contribution in [3.63, 3.8) is 0 Å². The third-order valence-corrected chi connectivity index (χ3v) is 3.01. The first-order chi connectivity index (χ1) is 4.77. The number of hydrogen-bond donors (Lipinski definition) is 0. The van der Waals surface area contributed by atoms with Gasteiger partial charge in [-0.05, 0) is 31.1 Å². The van der Waals surface area contributed by atoms with Crippen LogP contribution in [0.25, 0.3) is 0 Å². The van der Waals surface area contributed by atoms with Crippen LogP contribution in [0.3, 0.4) is 0 Å². The van der Waals surface area contributed by atoms with Crippen molar-refractivity contribution in [3.8, 4) is 0 Å². The molecule has 0 aromatic heterocycles. The Bertz CT molecular complexity index is 131. The van der Waals surface area contributed by atoms with Gasteiger partial charge in [-0.3, -0.25) is 0 Å². The van der Waals surface area contributed by atoms with E-state index in [-0.39, 0.29) is 0 Å². The lowest BCUT2D eigenvalue weighted by Crippen LogP contribution is -2.21. The van der Waals surface area contributed by atoms with Gasteiger partial charge in [-0.25, -0.2) is 0 Å². The Hall–Kier alpha value is -0.0400. The second-order valence-electron chi connectivity index (χ2n) is 4.02. The van der Waals surface area contributed by atoms with E-state index in [0.717, 1.165) is 11.8 Å². The summed E-state index contributed by atoms with van der Waals surface area (Å²) in [5.74, 6) is 1.70. The van der Waals surface area contributed by atoms with Crippen LogP contribution in [0.1, 0.15) is 33.1 Å². The van der Waals surface area contributed by atoms with Crippen molar-refractivity contribution >= 4 is 0 Å². The van der Waals surface area contributed by atoms with Gasteiger partial charge in [-0.15, -0.1) is 0 Å². The van der Waals surface area contributed by atoms with Crippen molar-refractivity contribution in [1.29, 1.82) is 0 Å². The van der Waals surface area contributed by atoms with E-state index in [0.29, 0.717) is 12.2 Å². The Morgan fingerprint density at radius 1 is 1.30 bits per heavy atom. The topological polar surface area (TPSA) is 9.23 Å². The standard InChI is InChI=1S/C9H16O/c1-6(2)8-5-7-3-4-9(8)10-7/h6-9H,3-5H2,1-2H3/t7-,8?,9?/m1/s1. The molecule has 2 aliphatic rings. The molecule has 10 heavy (non-hydrogen) atoms. The van der Waals surface area contributed by atoms with Gasteiger partial charge >= 0.3 is 0 Å². The summed E-state index contributed by atoms with van der Waals surface area (Å²) in [5, 5.41) is 0. The first kappa shape index (κ1) is 6.66. The van der Waals surface area contributed by atoms with Gasteiger partial charge in [0.25, 0.3) is 0 Å². The maximum atomic E-state index is 5.75. The largest absolute Gasteiger partial charge is 0.375 e. The molecule has 2 bridgehead atoms. The van der Waals surface area contributed by atoms with E-state index in [9.17, 15) is 0 Å². The van der Waals surface area contributed by atoms with E-state index in [1.54, 1.807) is 0 Å². The summed E-state index contributed by atoms with van der Waals surface area (Å²) < 4.78 is 5.75. The highest BCUT2D eigenvalue weighted by Gasteiger charge is 2.41. The highest BCUT2D eigenvalue weighted by atomic mass is 16.5. The summed E-state index contributed by atoms with van der Waals surface area (Å²) in [7, 11) is 0. The van der Waals surface area contributed by atoms with Gasteiger partial charge in [0.15, 0.2) is 0 Å². The van der Waals surface area contributed by atoms with Crippen molar-refractivity contribution in [2.75, 3.05) is 0 Å². The maximum Gasteiger partial charge on any atom is 0.0611 e. The fourth-order valence-corrected chi connectivity index (χ4v) is 2.38. The Morgan fingerprint density at radius 3 is 2.40 bits per heavy atom. The molecule has 3 atom stereocenters. The molecule has 0 aromatic rings. The normalized spacial score (nSPS) is 45.3. The molecule has 58 valence electrons. The smallest absolute Gasteiger partial charge is 0.0611 e. The molecule has 1 heteroatoms. The fourth-order valence-electron chi connectivity index (χ4n) is 2.38. The number of hydrogen-bond acceptors (Lipinski definition) is 1. The molecule has 2 saturated heterocycles. The van der Waals surface area contributed by atoms with Crippen LogP contribution in [0, 0.1) is 11.8 Å². The van der Waals surface area contributed by atoms with E-state index in [1.807, 2.05) is 0 Å². The van der Waals surface area contributed by atoms with Crippen LogP contribution < -0.4 is 0 Å². The molecule has 0 N–H and O–H groups in total. The zero-order chi connectivity index (χ0) is 7.14. The van der Waals surface area contributed by atoms with Gasteiger partial charge in [0.1, 0.15) is 0 Å². The van der Waals surface area contributed by atoms with Crippen molar-refractivity contribution in [3.05, 3.63) is 0 Å². The molecule has 0 amide bonds. The van der Waals surface area contributed by atoms with Gasteiger partial charge in [0.05, 0.1) is 12.2 Å². The molecule has 0 aliphatic carbocycles. The summed E-state index contributed by atoms with van der Waals surface area (Å²) in [4.78, 5) is 0. The summed E-state index contributed by atoms with van der Waals surface area (Å²) in [6.45, 7) is 4.63. The van der Waals surface area contributed by atoms with Crippen molar-refractivity contribution in [2.45, 2.75) is 45.3 Å². The Balaban J connectivity index is 2.02. The van der Waals surface area contributed by atoms with Crippen LogP contribution in [0.5, 0.6) is 0 Å². The highest BCUT2D eigenvalue weighted by molar-refractivity contribution is 4.90. The van der Waals surface area contributed by atoms with Gasteiger partial charge in [0, 0.05) is 0 Å². The summed E-state index contributed by atoms with van der Waals surface area (Å²) >= 11 is 0. The Morgan fingerprint density at radius 2 is 2.10 bits per heavy atom. The lowest BCUT2D eigenvalue weighted by Gasteiger charge is -2.21. The SMILES string of the molecule is CC(C)C1C[C@H]2CCC1O2. The summed E-state index contributed by atoms with van der Waals surface area (Å²) in [6, 6.07) is 0. The highest BCUT2D eigenvalue weighted by Crippen LogP contribution is 2.41. The Labute approximate surface area is 62.8 Å². The van der Waals surface area contributed by atoms with Crippen LogP contribution in [-0.2, 0) is 4.74 Å². The quantitative estimate of drug-likeness (QED) is 0.542. The van der Waals surface area contributed by atoms with Crippen LogP contribution in [0.15, 0.2) is 0 Å². The fraction of sp³-hybridized carbons (Fsp3) is 1.00. The van der Waals surface area contributed by atoms with Gasteiger partial charge in [-0.2, -0.15) is 0 Å². The second kappa shape index (κ2) is 2.23. The molecular formula is C9H16O. The molecule has 0 radical (unpaired) electrons. The summed E-state index contributed by atoms with van der Waals surface area (Å²) in [5.41, 5.74) is 0. The van der Waals surface area contributed by atoms with Gasteiger partial charge in [0.2, 0.25) is 0 Å². The van der Waals surface area contributed by atoms with Crippen LogP contribution in [0.2, 0.25) is 0 Å². The van der Waals surface area contributed by atoms with Crippen LogP contribution in [0.4, 0.5) is 0 Å². The zero-order valence-corrected chi connectivity index (χ0v) is 6.84. The van der Waals surface area contributed by atoms with Gasteiger partial charge < -0.3 is 4.74 Å². The van der Waals surface area contributed by atoms with E-state index in [1.165, 1.54) is 19.3 Å². The lowest BCUT2D eigenvalue weighted by molar-refractivity contribution is 0.0851. The Kier molecular flexibility index (Phi) is 1.48. The lowest BCUT2D eigenvalue weighted by atomic mass is 9.82. The van der Waals surface area contributed by atoms with E-state index in [2.05, 4.69) is 13.8 Å². The van der Waals surface area contributed by atoms with Crippen LogP contribution >= 0.6 is 0 Å². The molecule has 2 rings (SSSR count). The molecule has 1 nitrogen and oxygen atoms in total. The maximum absolute atomic E-state index is 5.75. The van der Waals surface area contributed by atoms with Gasteiger partial charge in [-0.1, -0.05) is 13.8 Å². The molecule has 2 heterocycles. The third kappa shape index (κ3) is 0.878. The monoisotopic (exact) mass is 140 g/mol. The molecule has 0 spiro atoms. The predicted molar refractivity (Wildman–Crippen MR) is 40.8 cm³/mol. The number of ether oxygens (including phenoxy) is 1. The average Bonchev–Trinajstić information content (AvgIpc) is 2.44. The minimum Gasteiger partial charge on any atom is -0.375 e. The van der Waals surface area contributed by atoms with E-state index < -0.39 is 0 Å². The minimum atomic E-state index is 0.630. The van der Waals surface area contributed by atoms with Crippen molar-refractivity contribution in [2.24, 2.45) is 11.8 Å². The van der Waals surface area contributed by atoms with Crippen molar-refractivity contribution < 1.29 is 4.74 Å². The molecular weight excluding hydrogens is 124 g/mol. The predicted octanol–water partition coefficient (Wildman–Crippen LogP) is 2.21. The van der Waals surface area contributed by atoms with Crippen molar-refractivity contribution in [1.82, 2.24) is 0 Å². The van der Waals surface area contributed by atoms with E-state index in [4.69, 9.17) is 4.74 Å². The second-order valence-corrected chi connectivity index (χ2v) is 4.02. The average molecular weight is 140 g/mol. The molecule has 2 unspecified atom stereocenters. The molecule has 0 saturated carbocycles. The number of rotatable bonds is 1. The van der Waals surface area contributed by atoms with Crippen LogP contribution in [-0.4, -0.2) is 12.2 Å². The first-order valence-corrected chi connectivity index (χ1v) is 4.43. The third-order valence-electron chi connectivity index (χ3n) is 3.01. The zero-order valence-electron chi connectivity index (χ0n) is 6.84. The minimum absolute atomic E-state index is 0.630. The number of fused-ring (bicyclic) bond motifs is 2. The van der Waals surface area contributed by atoms with E-state index >= 15 is 0 Å². The molecule has 2 aliphatic heterocycles. The molecule has 2 fully saturated rings. The first-order valence-electron chi connectivity index (χ1n) is 4.43.